The number of benzene rings is 1. The van der Waals surface area contributed by atoms with Crippen LogP contribution in [0.25, 0.3) is 10.7 Å². The summed E-state index contributed by atoms with van der Waals surface area (Å²) in [6, 6.07) is 13.0. The summed E-state index contributed by atoms with van der Waals surface area (Å²) in [6.45, 7) is 0. The summed E-state index contributed by atoms with van der Waals surface area (Å²) in [5, 5.41) is 13.2. The van der Waals surface area contributed by atoms with Crippen molar-refractivity contribution in [3.05, 3.63) is 65.0 Å². The van der Waals surface area contributed by atoms with E-state index in [1.165, 1.54) is 23.6 Å². The predicted molar refractivity (Wildman–Crippen MR) is 80.4 cm³/mol. The summed E-state index contributed by atoms with van der Waals surface area (Å²) >= 11 is 1.45. The molecule has 106 valence electrons. The van der Waals surface area contributed by atoms with Crippen LogP contribution in [0.2, 0.25) is 0 Å². The van der Waals surface area contributed by atoms with E-state index in [0.29, 0.717) is 10.7 Å². The first-order chi connectivity index (χ1) is 10.3. The topological polar surface area (TPSA) is 50.7 Å². The third kappa shape index (κ3) is 2.96. The first-order valence-electron chi connectivity index (χ1n) is 6.45. The second kappa shape index (κ2) is 6.07. The maximum atomic E-state index is 12.9. The molecule has 0 aliphatic heterocycles. The number of rotatable bonds is 4. The Bertz CT molecular complexity index is 712. The zero-order valence-electron chi connectivity index (χ0n) is 11.3. The van der Waals surface area contributed by atoms with E-state index in [-0.39, 0.29) is 11.9 Å². The summed E-state index contributed by atoms with van der Waals surface area (Å²) in [7, 11) is 1.88. The first kappa shape index (κ1) is 13.8. The third-order valence-electron chi connectivity index (χ3n) is 3.06. The van der Waals surface area contributed by atoms with Gasteiger partial charge in [0.2, 0.25) is 0 Å². The van der Waals surface area contributed by atoms with E-state index in [9.17, 15) is 4.39 Å². The van der Waals surface area contributed by atoms with Crippen LogP contribution in [0, 0.1) is 5.82 Å². The molecule has 0 aliphatic carbocycles. The molecule has 2 heterocycles. The molecule has 0 saturated heterocycles. The van der Waals surface area contributed by atoms with Gasteiger partial charge in [0.1, 0.15) is 16.5 Å². The van der Waals surface area contributed by atoms with Gasteiger partial charge in [0.05, 0.1) is 12.2 Å². The SMILES string of the molecule is CNC(c1ccccc1)c1nnc(-c2ccc(F)cn2)s1. The molecule has 6 heteroatoms. The highest BCUT2D eigenvalue weighted by molar-refractivity contribution is 7.14. The van der Waals surface area contributed by atoms with Gasteiger partial charge in [0, 0.05) is 0 Å². The molecule has 3 rings (SSSR count). The Morgan fingerprint density at radius 1 is 1.10 bits per heavy atom. The van der Waals surface area contributed by atoms with Crippen molar-refractivity contribution in [2.24, 2.45) is 0 Å². The zero-order valence-corrected chi connectivity index (χ0v) is 12.1. The molecule has 4 nitrogen and oxygen atoms in total. The highest BCUT2D eigenvalue weighted by Gasteiger charge is 2.17. The van der Waals surface area contributed by atoms with Crippen LogP contribution in [0.1, 0.15) is 16.6 Å². The van der Waals surface area contributed by atoms with Gasteiger partial charge in [-0.1, -0.05) is 41.7 Å². The van der Waals surface area contributed by atoms with E-state index in [1.807, 2.05) is 37.4 Å². The van der Waals surface area contributed by atoms with Crippen LogP contribution in [0.5, 0.6) is 0 Å². The number of nitrogens with zero attached hydrogens (tertiary/aromatic N) is 3. The maximum Gasteiger partial charge on any atom is 0.166 e. The second-order valence-electron chi connectivity index (χ2n) is 4.44. The Hall–Kier alpha value is -2.18. The van der Waals surface area contributed by atoms with E-state index in [1.54, 1.807) is 6.07 Å². The molecule has 0 spiro atoms. The predicted octanol–water partition coefficient (Wildman–Crippen LogP) is 3.05. The van der Waals surface area contributed by atoms with Crippen LogP contribution < -0.4 is 5.32 Å². The molecule has 21 heavy (non-hydrogen) atoms. The maximum absolute atomic E-state index is 12.9. The van der Waals surface area contributed by atoms with Gasteiger partial charge in [0.15, 0.2) is 5.01 Å². The smallest absolute Gasteiger partial charge is 0.166 e. The Morgan fingerprint density at radius 2 is 1.90 bits per heavy atom. The standard InChI is InChI=1S/C15H13FN4S/c1-17-13(10-5-3-2-4-6-10)15-20-19-14(21-15)12-8-7-11(16)9-18-12/h2-9,13,17H,1H3. The monoisotopic (exact) mass is 300 g/mol. The van der Waals surface area contributed by atoms with E-state index in [0.717, 1.165) is 10.6 Å². The summed E-state index contributed by atoms with van der Waals surface area (Å²) in [6.07, 6.45) is 1.18. The fourth-order valence-electron chi connectivity index (χ4n) is 2.04. The molecule has 0 fully saturated rings. The molecule has 0 aliphatic rings. The van der Waals surface area contributed by atoms with Crippen molar-refractivity contribution >= 4 is 11.3 Å². The van der Waals surface area contributed by atoms with Crippen LogP contribution in [0.15, 0.2) is 48.7 Å². The average molecular weight is 300 g/mol. The summed E-state index contributed by atoms with van der Waals surface area (Å²) < 4.78 is 12.9. The van der Waals surface area contributed by atoms with Crippen LogP contribution >= 0.6 is 11.3 Å². The van der Waals surface area contributed by atoms with E-state index in [2.05, 4.69) is 20.5 Å². The van der Waals surface area contributed by atoms with Gasteiger partial charge in [-0.3, -0.25) is 4.98 Å². The van der Waals surface area contributed by atoms with Gasteiger partial charge in [-0.25, -0.2) is 4.39 Å². The number of hydrogen-bond donors (Lipinski definition) is 1. The third-order valence-corrected chi connectivity index (χ3v) is 4.07. The molecule has 0 amide bonds. The molecule has 1 aromatic carbocycles. The van der Waals surface area contributed by atoms with Crippen LogP contribution in [0.4, 0.5) is 4.39 Å². The van der Waals surface area contributed by atoms with Gasteiger partial charge in [0.25, 0.3) is 0 Å². The average Bonchev–Trinajstić information content (AvgIpc) is 2.99. The minimum absolute atomic E-state index is 0.0158. The Labute approximate surface area is 125 Å². The summed E-state index contributed by atoms with van der Waals surface area (Å²) in [5.41, 5.74) is 1.75. The van der Waals surface area contributed by atoms with Gasteiger partial charge in [-0.15, -0.1) is 10.2 Å². The Kier molecular flexibility index (Phi) is 3.98. The first-order valence-corrected chi connectivity index (χ1v) is 7.27. The number of pyridine rings is 1. The molecule has 0 radical (unpaired) electrons. The lowest BCUT2D eigenvalue weighted by Crippen LogP contribution is -2.17. The highest BCUT2D eigenvalue weighted by atomic mass is 32.1. The van der Waals surface area contributed by atoms with Gasteiger partial charge in [-0.05, 0) is 24.7 Å². The fraction of sp³-hybridized carbons (Fsp3) is 0.133. The molecule has 2 aromatic heterocycles. The van der Waals surface area contributed by atoms with E-state index < -0.39 is 0 Å². The lowest BCUT2D eigenvalue weighted by atomic mass is 10.1. The Balaban J connectivity index is 1.92. The van der Waals surface area contributed by atoms with Crippen LogP contribution in [-0.2, 0) is 0 Å². The van der Waals surface area contributed by atoms with Crippen LogP contribution in [-0.4, -0.2) is 22.2 Å². The zero-order chi connectivity index (χ0) is 14.7. The van der Waals surface area contributed by atoms with Crippen molar-refractivity contribution in [2.45, 2.75) is 6.04 Å². The number of halogens is 1. The van der Waals surface area contributed by atoms with Crippen molar-refractivity contribution in [3.8, 4) is 10.7 Å². The molecule has 1 atom stereocenters. The minimum atomic E-state index is -0.360. The molecule has 0 saturated carbocycles. The second-order valence-corrected chi connectivity index (χ2v) is 5.45. The highest BCUT2D eigenvalue weighted by Crippen LogP contribution is 2.28. The lowest BCUT2D eigenvalue weighted by molar-refractivity contribution is 0.622. The number of hydrogen-bond acceptors (Lipinski definition) is 5. The lowest BCUT2D eigenvalue weighted by Gasteiger charge is -2.12. The normalized spacial score (nSPS) is 12.3. The molecular formula is C15H13FN4S. The molecule has 1 N–H and O–H groups in total. The largest absolute Gasteiger partial charge is 0.307 e. The number of nitrogens with one attached hydrogen (secondary N) is 1. The van der Waals surface area contributed by atoms with Crippen molar-refractivity contribution in [1.82, 2.24) is 20.5 Å². The quantitative estimate of drug-likeness (QED) is 0.804. The van der Waals surface area contributed by atoms with Crippen LogP contribution in [0.3, 0.4) is 0 Å². The molecule has 0 bridgehead atoms. The van der Waals surface area contributed by atoms with Gasteiger partial charge < -0.3 is 5.32 Å². The van der Waals surface area contributed by atoms with Crippen molar-refractivity contribution < 1.29 is 4.39 Å². The fourth-order valence-corrected chi connectivity index (χ4v) is 2.99. The summed E-state index contributed by atoms with van der Waals surface area (Å²) in [4.78, 5) is 4.03. The summed E-state index contributed by atoms with van der Waals surface area (Å²) in [5.74, 6) is -0.360. The Morgan fingerprint density at radius 3 is 2.57 bits per heavy atom. The molecule has 3 aromatic rings. The van der Waals surface area contributed by atoms with Crippen molar-refractivity contribution in [2.75, 3.05) is 7.05 Å². The van der Waals surface area contributed by atoms with Crippen molar-refractivity contribution in [1.29, 1.82) is 0 Å². The number of aromatic nitrogens is 3. The van der Waals surface area contributed by atoms with E-state index >= 15 is 0 Å². The van der Waals surface area contributed by atoms with Crippen molar-refractivity contribution in [3.63, 3.8) is 0 Å². The van der Waals surface area contributed by atoms with Gasteiger partial charge in [-0.2, -0.15) is 0 Å². The van der Waals surface area contributed by atoms with Gasteiger partial charge >= 0.3 is 0 Å². The minimum Gasteiger partial charge on any atom is -0.307 e. The van der Waals surface area contributed by atoms with E-state index in [4.69, 9.17) is 0 Å². The molecular weight excluding hydrogens is 287 g/mol. The molecule has 1 unspecified atom stereocenters.